The molecule has 1 saturated carbocycles. The van der Waals surface area contributed by atoms with Gasteiger partial charge in [0.25, 0.3) is 5.91 Å². The van der Waals surface area contributed by atoms with Crippen LogP contribution in [0.3, 0.4) is 0 Å². The number of halogens is 1. The first-order valence-corrected chi connectivity index (χ1v) is 10.0. The average Bonchev–Trinajstić information content (AvgIpc) is 3.53. The maximum atomic E-state index is 13.2. The zero-order valence-corrected chi connectivity index (χ0v) is 16.2. The monoisotopic (exact) mass is 382 g/mol. The topological polar surface area (TPSA) is 43.8 Å². The van der Waals surface area contributed by atoms with E-state index in [9.17, 15) is 14.3 Å². The molecule has 1 aliphatic carbocycles. The maximum absolute atomic E-state index is 13.2. The molecular formula is C23H27FN2O2. The molecule has 1 saturated heterocycles. The van der Waals surface area contributed by atoms with Gasteiger partial charge in [-0.2, -0.15) is 0 Å². The maximum Gasteiger partial charge on any atom is 0.253 e. The van der Waals surface area contributed by atoms with Gasteiger partial charge in [0.1, 0.15) is 5.82 Å². The quantitative estimate of drug-likeness (QED) is 0.800. The molecule has 2 aliphatic rings. The Kier molecular flexibility index (Phi) is 5.47. The van der Waals surface area contributed by atoms with E-state index in [1.807, 2.05) is 18.2 Å². The summed E-state index contributed by atoms with van der Waals surface area (Å²) in [5, 5.41) is 10.0. The summed E-state index contributed by atoms with van der Waals surface area (Å²) in [5.41, 5.74) is 1.70. The van der Waals surface area contributed by atoms with Crippen LogP contribution in [0.15, 0.2) is 54.6 Å². The minimum absolute atomic E-state index is 0.0994. The van der Waals surface area contributed by atoms with Gasteiger partial charge in [0.2, 0.25) is 0 Å². The van der Waals surface area contributed by atoms with E-state index in [1.165, 1.54) is 42.7 Å². The fourth-order valence-corrected chi connectivity index (χ4v) is 4.42. The third-order valence-electron chi connectivity index (χ3n) is 6.12. The Labute approximate surface area is 165 Å². The molecule has 2 aromatic rings. The van der Waals surface area contributed by atoms with Gasteiger partial charge in [0.05, 0.1) is 6.61 Å². The zero-order chi connectivity index (χ0) is 19.7. The lowest BCUT2D eigenvalue weighted by molar-refractivity contribution is -0.0545. The first-order valence-electron chi connectivity index (χ1n) is 10.0. The second-order valence-corrected chi connectivity index (χ2v) is 8.09. The van der Waals surface area contributed by atoms with Gasteiger partial charge in [-0.25, -0.2) is 4.39 Å². The molecule has 0 unspecified atom stereocenters. The summed E-state index contributed by atoms with van der Waals surface area (Å²) in [5.74, 6) is 0.467. The number of hydrogen-bond donors (Lipinski definition) is 1. The van der Waals surface area contributed by atoms with Crippen molar-refractivity contribution in [1.29, 1.82) is 0 Å². The zero-order valence-electron chi connectivity index (χ0n) is 16.2. The van der Waals surface area contributed by atoms with Gasteiger partial charge in [-0.05, 0) is 48.6 Å². The van der Waals surface area contributed by atoms with Crippen LogP contribution in [0.25, 0.3) is 0 Å². The second kappa shape index (κ2) is 8.02. The minimum atomic E-state index is -0.344. The van der Waals surface area contributed by atoms with Gasteiger partial charge in [0.15, 0.2) is 0 Å². The van der Waals surface area contributed by atoms with Crippen LogP contribution in [0.5, 0.6) is 0 Å². The van der Waals surface area contributed by atoms with Crippen molar-refractivity contribution < 1.29 is 14.3 Å². The van der Waals surface area contributed by atoms with Crippen molar-refractivity contribution in [2.75, 3.05) is 26.7 Å². The van der Waals surface area contributed by atoms with Crippen LogP contribution in [0.2, 0.25) is 0 Å². The predicted molar refractivity (Wildman–Crippen MR) is 107 cm³/mol. The Morgan fingerprint density at radius 1 is 1.11 bits per heavy atom. The van der Waals surface area contributed by atoms with Crippen LogP contribution in [0.1, 0.15) is 34.7 Å². The number of benzene rings is 2. The molecule has 4 nitrogen and oxygen atoms in total. The predicted octanol–water partition coefficient (Wildman–Crippen LogP) is 3.14. The number of aliphatic hydroxyl groups is 1. The van der Waals surface area contributed by atoms with Gasteiger partial charge >= 0.3 is 0 Å². The fraction of sp³-hybridized carbons (Fsp3) is 0.435. The molecule has 0 bridgehead atoms. The lowest BCUT2D eigenvalue weighted by Crippen LogP contribution is -2.67. The number of likely N-dealkylation sites (N-methyl/N-ethyl adjacent to an activating group) is 1. The second-order valence-electron chi connectivity index (χ2n) is 8.09. The van der Waals surface area contributed by atoms with E-state index >= 15 is 0 Å². The van der Waals surface area contributed by atoms with Crippen LogP contribution < -0.4 is 0 Å². The molecule has 0 aromatic heterocycles. The highest BCUT2D eigenvalue weighted by Crippen LogP contribution is 2.44. The highest BCUT2D eigenvalue weighted by atomic mass is 19.1. The van der Waals surface area contributed by atoms with Gasteiger partial charge < -0.3 is 10.0 Å². The number of likely N-dealkylation sites (tertiary alicyclic amines) is 1. The van der Waals surface area contributed by atoms with Gasteiger partial charge in [-0.1, -0.05) is 30.3 Å². The van der Waals surface area contributed by atoms with Crippen molar-refractivity contribution in [2.24, 2.45) is 5.92 Å². The van der Waals surface area contributed by atoms with E-state index in [2.05, 4.69) is 17.0 Å². The first-order chi connectivity index (χ1) is 13.6. The van der Waals surface area contributed by atoms with Crippen molar-refractivity contribution in [3.05, 3.63) is 71.5 Å². The van der Waals surface area contributed by atoms with Crippen molar-refractivity contribution in [3.8, 4) is 0 Å². The molecular weight excluding hydrogens is 355 g/mol. The summed E-state index contributed by atoms with van der Waals surface area (Å²) in [7, 11) is 1.80. The van der Waals surface area contributed by atoms with Crippen LogP contribution in [-0.4, -0.2) is 59.6 Å². The third kappa shape index (κ3) is 3.82. The Morgan fingerprint density at radius 2 is 1.79 bits per heavy atom. The van der Waals surface area contributed by atoms with Crippen LogP contribution in [0, 0.1) is 11.7 Å². The molecule has 5 heteroatoms. The van der Waals surface area contributed by atoms with Gasteiger partial charge in [-0.3, -0.25) is 9.69 Å². The molecule has 0 spiro atoms. The number of amides is 1. The first kappa shape index (κ1) is 19.1. The fourth-order valence-electron chi connectivity index (χ4n) is 4.42. The van der Waals surface area contributed by atoms with Crippen molar-refractivity contribution >= 4 is 5.91 Å². The normalized spacial score (nSPS) is 24.6. The number of carbonyl (C=O) groups is 1. The molecule has 1 heterocycles. The largest absolute Gasteiger partial charge is 0.395 e. The highest BCUT2D eigenvalue weighted by molar-refractivity contribution is 5.94. The Balaban J connectivity index is 1.52. The summed E-state index contributed by atoms with van der Waals surface area (Å²) in [6, 6.07) is 16.2. The van der Waals surface area contributed by atoms with E-state index in [-0.39, 0.29) is 36.3 Å². The lowest BCUT2D eigenvalue weighted by Gasteiger charge is -2.56. The number of aliphatic hydroxyl groups excluding tert-OH is 1. The molecule has 148 valence electrons. The molecule has 2 aromatic carbocycles. The summed E-state index contributed by atoms with van der Waals surface area (Å²) in [6.45, 7) is 1.69. The van der Waals surface area contributed by atoms with E-state index < -0.39 is 0 Å². The summed E-state index contributed by atoms with van der Waals surface area (Å²) in [4.78, 5) is 16.9. The van der Waals surface area contributed by atoms with Gasteiger partial charge in [-0.15, -0.1) is 0 Å². The molecule has 1 N–H and O–H groups in total. The third-order valence-corrected chi connectivity index (χ3v) is 6.12. The van der Waals surface area contributed by atoms with E-state index in [1.54, 1.807) is 11.9 Å². The summed E-state index contributed by atoms with van der Waals surface area (Å²) >= 11 is 0. The van der Waals surface area contributed by atoms with E-state index in [0.29, 0.717) is 18.0 Å². The molecule has 3 atom stereocenters. The molecule has 1 aliphatic heterocycles. The molecule has 1 amide bonds. The SMILES string of the molecule is CN(C[C@@H]1[C@@H](c2ccccc2)[C@H](CO)N1CC1CC1)C(=O)c1ccc(F)cc1. The highest BCUT2D eigenvalue weighted by Gasteiger charge is 2.50. The summed E-state index contributed by atoms with van der Waals surface area (Å²) < 4.78 is 13.2. The van der Waals surface area contributed by atoms with Crippen LogP contribution in [0.4, 0.5) is 4.39 Å². The number of hydrogen-bond acceptors (Lipinski definition) is 3. The Hall–Kier alpha value is -2.24. The van der Waals surface area contributed by atoms with Crippen LogP contribution >= 0.6 is 0 Å². The van der Waals surface area contributed by atoms with Crippen molar-refractivity contribution in [2.45, 2.75) is 30.8 Å². The summed E-state index contributed by atoms with van der Waals surface area (Å²) in [6.07, 6.45) is 2.50. The molecule has 2 fully saturated rings. The lowest BCUT2D eigenvalue weighted by atomic mass is 9.74. The molecule has 0 radical (unpaired) electrons. The van der Waals surface area contributed by atoms with Crippen molar-refractivity contribution in [3.63, 3.8) is 0 Å². The Bertz CT molecular complexity index is 807. The molecule has 4 rings (SSSR count). The molecule has 28 heavy (non-hydrogen) atoms. The minimum Gasteiger partial charge on any atom is -0.395 e. The Morgan fingerprint density at radius 3 is 2.39 bits per heavy atom. The number of rotatable bonds is 7. The number of nitrogens with zero attached hydrogens (tertiary/aromatic N) is 2. The average molecular weight is 382 g/mol. The number of carbonyl (C=O) groups excluding carboxylic acids is 1. The standard InChI is InChI=1S/C23H27FN2O2/c1-25(23(28)18-9-11-19(24)12-10-18)14-20-22(17-5-3-2-4-6-17)21(15-27)26(20)13-16-7-8-16/h2-6,9-12,16,20-22,27H,7-8,13-15H2,1H3/t20-,21+,22-/m1/s1. The van der Waals surface area contributed by atoms with E-state index in [4.69, 9.17) is 0 Å². The van der Waals surface area contributed by atoms with Gasteiger partial charge in [0, 0.05) is 43.7 Å². The van der Waals surface area contributed by atoms with Crippen LogP contribution in [-0.2, 0) is 0 Å². The van der Waals surface area contributed by atoms with Crippen molar-refractivity contribution in [1.82, 2.24) is 9.80 Å². The van der Waals surface area contributed by atoms with E-state index in [0.717, 1.165) is 6.54 Å². The smallest absolute Gasteiger partial charge is 0.253 e.